The lowest BCUT2D eigenvalue weighted by molar-refractivity contribution is 0.414. The molecule has 0 saturated carbocycles. The molecule has 0 saturated heterocycles. The largest absolute Gasteiger partial charge is 0.497 e. The minimum absolute atomic E-state index is 0.385. The Morgan fingerprint density at radius 2 is 1.82 bits per heavy atom. The molecule has 0 aliphatic rings. The number of nitrogen functional groups attached to an aromatic ring is 1. The highest BCUT2D eigenvalue weighted by molar-refractivity contribution is 5.89. The third-order valence-corrected chi connectivity index (χ3v) is 3.35. The Bertz CT molecular complexity index is 773. The summed E-state index contributed by atoms with van der Waals surface area (Å²) in [5.74, 6) is 7.40. The molecule has 2 aromatic carbocycles. The highest BCUT2D eigenvalue weighted by Crippen LogP contribution is 2.22. The van der Waals surface area contributed by atoms with E-state index in [2.05, 4.69) is 20.7 Å². The van der Waals surface area contributed by atoms with Gasteiger partial charge in [0.25, 0.3) is 0 Å². The Balaban J connectivity index is 1.86. The lowest BCUT2D eigenvalue weighted by Gasteiger charge is -2.11. The van der Waals surface area contributed by atoms with E-state index in [0.29, 0.717) is 12.5 Å². The fourth-order valence-corrected chi connectivity index (χ4v) is 2.21. The van der Waals surface area contributed by atoms with E-state index < -0.39 is 0 Å². The van der Waals surface area contributed by atoms with Crippen LogP contribution in [0.15, 0.2) is 48.5 Å². The molecular weight excluding hydrogens is 278 g/mol. The van der Waals surface area contributed by atoms with E-state index in [1.807, 2.05) is 48.5 Å². The summed E-state index contributed by atoms with van der Waals surface area (Å²) < 4.78 is 5.16. The number of ether oxygens (including phenoxy) is 1. The van der Waals surface area contributed by atoms with Gasteiger partial charge in [0.05, 0.1) is 12.6 Å². The molecule has 3 aromatic rings. The summed E-state index contributed by atoms with van der Waals surface area (Å²) in [5.41, 5.74) is 4.46. The number of hydrogen-bond acceptors (Lipinski definition) is 6. The molecule has 4 N–H and O–H groups in total. The van der Waals surface area contributed by atoms with Gasteiger partial charge in [-0.15, -0.1) is 0 Å². The summed E-state index contributed by atoms with van der Waals surface area (Å²) in [6.07, 6.45) is 0. The van der Waals surface area contributed by atoms with E-state index in [-0.39, 0.29) is 0 Å². The van der Waals surface area contributed by atoms with Crippen molar-refractivity contribution in [3.05, 3.63) is 54.1 Å². The van der Waals surface area contributed by atoms with Crippen molar-refractivity contribution >= 4 is 22.7 Å². The highest BCUT2D eigenvalue weighted by atomic mass is 16.5. The predicted octanol–water partition coefficient (Wildman–Crippen LogP) is 2.54. The number of hydrazine groups is 1. The molecule has 0 bridgehead atoms. The van der Waals surface area contributed by atoms with Gasteiger partial charge in [-0.2, -0.15) is 4.98 Å². The summed E-state index contributed by atoms with van der Waals surface area (Å²) in [5, 5.41) is 4.28. The molecule has 0 unspecified atom stereocenters. The van der Waals surface area contributed by atoms with E-state index in [0.717, 1.165) is 28.0 Å². The fraction of sp³-hybridized carbons (Fsp3) is 0.125. The molecule has 0 spiro atoms. The third-order valence-electron chi connectivity index (χ3n) is 3.35. The normalized spacial score (nSPS) is 10.5. The van der Waals surface area contributed by atoms with Crippen molar-refractivity contribution in [1.82, 2.24) is 9.97 Å². The lowest BCUT2D eigenvalue weighted by Crippen LogP contribution is -2.12. The van der Waals surface area contributed by atoms with E-state index >= 15 is 0 Å². The zero-order chi connectivity index (χ0) is 15.4. The van der Waals surface area contributed by atoms with Crippen LogP contribution in [0.25, 0.3) is 10.9 Å². The van der Waals surface area contributed by atoms with Crippen molar-refractivity contribution in [1.29, 1.82) is 0 Å². The molecule has 0 aliphatic heterocycles. The molecule has 22 heavy (non-hydrogen) atoms. The van der Waals surface area contributed by atoms with Crippen molar-refractivity contribution in [2.45, 2.75) is 6.54 Å². The van der Waals surface area contributed by atoms with Gasteiger partial charge < -0.3 is 10.1 Å². The number of nitrogens with two attached hydrogens (primary N) is 1. The maximum absolute atomic E-state index is 5.43. The maximum Gasteiger partial charge on any atom is 0.239 e. The molecule has 0 amide bonds. The average Bonchev–Trinajstić information content (AvgIpc) is 2.59. The molecule has 6 nitrogen and oxygen atoms in total. The summed E-state index contributed by atoms with van der Waals surface area (Å²) in [4.78, 5) is 8.71. The Morgan fingerprint density at radius 1 is 1.05 bits per heavy atom. The van der Waals surface area contributed by atoms with Crippen molar-refractivity contribution in [3.8, 4) is 5.75 Å². The maximum atomic E-state index is 5.43. The van der Waals surface area contributed by atoms with Crippen molar-refractivity contribution < 1.29 is 4.74 Å². The molecule has 0 fully saturated rings. The van der Waals surface area contributed by atoms with Gasteiger partial charge in [-0.3, -0.25) is 5.43 Å². The first-order valence-electron chi connectivity index (χ1n) is 6.90. The van der Waals surface area contributed by atoms with Gasteiger partial charge in [0.1, 0.15) is 11.6 Å². The number of hydrogen-bond donors (Lipinski definition) is 3. The standard InChI is InChI=1S/C16H17N5O/c1-22-12-8-6-11(7-9-12)10-18-15-13-4-2-3-5-14(13)19-16(20-15)21-17/h2-9H,10,17H2,1H3,(H2,18,19,20,21). The van der Waals surface area contributed by atoms with Gasteiger partial charge in [-0.1, -0.05) is 24.3 Å². The fourth-order valence-electron chi connectivity index (χ4n) is 2.21. The molecule has 0 radical (unpaired) electrons. The van der Waals surface area contributed by atoms with Gasteiger partial charge in [0.2, 0.25) is 5.95 Å². The van der Waals surface area contributed by atoms with Gasteiger partial charge >= 0.3 is 0 Å². The average molecular weight is 295 g/mol. The third kappa shape index (κ3) is 2.91. The second-order valence-corrected chi connectivity index (χ2v) is 4.76. The number of methoxy groups -OCH3 is 1. The first-order valence-corrected chi connectivity index (χ1v) is 6.90. The summed E-state index contributed by atoms with van der Waals surface area (Å²) in [6, 6.07) is 15.7. The van der Waals surface area contributed by atoms with Crippen LogP contribution < -0.4 is 21.3 Å². The molecule has 1 heterocycles. The Morgan fingerprint density at radius 3 is 2.55 bits per heavy atom. The van der Waals surface area contributed by atoms with Crippen molar-refractivity contribution in [3.63, 3.8) is 0 Å². The number of nitrogens with one attached hydrogen (secondary N) is 2. The zero-order valence-corrected chi connectivity index (χ0v) is 12.2. The second kappa shape index (κ2) is 6.28. The van der Waals surface area contributed by atoms with Crippen LogP contribution in [0.3, 0.4) is 0 Å². The van der Waals surface area contributed by atoms with Crippen LogP contribution >= 0.6 is 0 Å². The van der Waals surface area contributed by atoms with Crippen LogP contribution in [0.2, 0.25) is 0 Å². The van der Waals surface area contributed by atoms with Crippen LogP contribution in [0.1, 0.15) is 5.56 Å². The number of anilines is 2. The summed E-state index contributed by atoms with van der Waals surface area (Å²) in [7, 11) is 1.65. The highest BCUT2D eigenvalue weighted by Gasteiger charge is 2.06. The van der Waals surface area contributed by atoms with Gasteiger partial charge in [0, 0.05) is 11.9 Å². The van der Waals surface area contributed by atoms with E-state index in [4.69, 9.17) is 10.6 Å². The summed E-state index contributed by atoms with van der Waals surface area (Å²) in [6.45, 7) is 0.648. The van der Waals surface area contributed by atoms with E-state index in [1.165, 1.54) is 0 Å². The number of para-hydroxylation sites is 1. The minimum atomic E-state index is 0.385. The SMILES string of the molecule is COc1ccc(CNc2nc(NN)nc3ccccc23)cc1. The topological polar surface area (TPSA) is 85.1 Å². The van der Waals surface area contributed by atoms with Crippen LogP contribution in [-0.2, 0) is 6.54 Å². The quantitative estimate of drug-likeness (QED) is 0.495. The zero-order valence-electron chi connectivity index (χ0n) is 12.2. The van der Waals surface area contributed by atoms with Crippen LogP contribution in [0.5, 0.6) is 5.75 Å². The summed E-state index contributed by atoms with van der Waals surface area (Å²) >= 11 is 0. The van der Waals surface area contributed by atoms with Crippen LogP contribution in [-0.4, -0.2) is 17.1 Å². The molecule has 3 rings (SSSR count). The van der Waals surface area contributed by atoms with E-state index in [1.54, 1.807) is 7.11 Å². The van der Waals surface area contributed by atoms with Crippen LogP contribution in [0.4, 0.5) is 11.8 Å². The monoisotopic (exact) mass is 295 g/mol. The molecule has 6 heteroatoms. The van der Waals surface area contributed by atoms with Gasteiger partial charge in [-0.05, 0) is 29.8 Å². The van der Waals surface area contributed by atoms with Crippen molar-refractivity contribution in [2.24, 2.45) is 5.84 Å². The second-order valence-electron chi connectivity index (χ2n) is 4.76. The first-order chi connectivity index (χ1) is 10.8. The Hall–Kier alpha value is -2.86. The number of benzene rings is 2. The molecule has 0 aliphatic carbocycles. The molecular formula is C16H17N5O. The number of fused-ring (bicyclic) bond motifs is 1. The Labute approximate surface area is 128 Å². The molecule has 112 valence electrons. The van der Waals surface area contributed by atoms with Gasteiger partial charge in [0.15, 0.2) is 0 Å². The van der Waals surface area contributed by atoms with E-state index in [9.17, 15) is 0 Å². The Kier molecular flexibility index (Phi) is 4.02. The van der Waals surface area contributed by atoms with Crippen LogP contribution in [0, 0.1) is 0 Å². The van der Waals surface area contributed by atoms with Gasteiger partial charge in [-0.25, -0.2) is 10.8 Å². The molecule has 0 atom stereocenters. The first kappa shape index (κ1) is 14.1. The smallest absolute Gasteiger partial charge is 0.239 e. The number of aromatic nitrogens is 2. The van der Waals surface area contributed by atoms with Crippen molar-refractivity contribution in [2.75, 3.05) is 17.9 Å². The molecule has 1 aromatic heterocycles. The number of nitrogens with zero attached hydrogens (tertiary/aromatic N) is 2. The lowest BCUT2D eigenvalue weighted by atomic mass is 10.2. The predicted molar refractivity (Wildman–Crippen MR) is 87.7 cm³/mol. The number of rotatable bonds is 5. The minimum Gasteiger partial charge on any atom is -0.497 e.